The van der Waals surface area contributed by atoms with Crippen LogP contribution in [-0.4, -0.2) is 56.2 Å². The molecule has 3 aromatic heterocycles. The summed E-state index contributed by atoms with van der Waals surface area (Å²) in [6, 6.07) is 8.62. The highest BCUT2D eigenvalue weighted by Gasteiger charge is 2.36. The van der Waals surface area contributed by atoms with E-state index in [1.165, 1.54) is 11.1 Å². The topological polar surface area (TPSA) is 107 Å². The molecule has 5 heterocycles. The number of nitrogens with zero attached hydrogens (tertiary/aromatic N) is 5. The van der Waals surface area contributed by atoms with Gasteiger partial charge in [-0.15, -0.1) is 0 Å². The second-order valence-electron chi connectivity index (χ2n) is 14.1. The van der Waals surface area contributed by atoms with Gasteiger partial charge in [0.15, 0.2) is 6.10 Å². The van der Waals surface area contributed by atoms with E-state index in [1.807, 2.05) is 53.1 Å². The van der Waals surface area contributed by atoms with Gasteiger partial charge in [-0.1, -0.05) is 32.0 Å². The van der Waals surface area contributed by atoms with Crippen LogP contribution in [0.3, 0.4) is 0 Å². The van der Waals surface area contributed by atoms with Crippen molar-refractivity contribution in [2.24, 2.45) is 5.41 Å². The first kappa shape index (κ1) is 30.1. The fourth-order valence-electron chi connectivity index (χ4n) is 6.62. The van der Waals surface area contributed by atoms with Crippen molar-refractivity contribution >= 4 is 28.6 Å². The van der Waals surface area contributed by atoms with Crippen LogP contribution < -0.4 is 9.80 Å². The van der Waals surface area contributed by atoms with Crippen LogP contribution >= 0.6 is 0 Å². The zero-order valence-electron chi connectivity index (χ0n) is 27.0. The lowest BCUT2D eigenvalue weighted by molar-refractivity contribution is -0.160. The number of aromatic amines is 1. The molecule has 0 spiro atoms. The number of carboxylic acids is 1. The highest BCUT2D eigenvalue weighted by molar-refractivity contribution is 5.88. The van der Waals surface area contributed by atoms with E-state index >= 15 is 0 Å². The van der Waals surface area contributed by atoms with Crippen LogP contribution in [-0.2, 0) is 22.5 Å². The average Bonchev–Trinajstić information content (AvgIpc) is 3.43. The molecule has 1 atom stereocenters. The second kappa shape index (κ2) is 11.2. The van der Waals surface area contributed by atoms with Gasteiger partial charge in [-0.2, -0.15) is 4.98 Å². The van der Waals surface area contributed by atoms with Crippen LogP contribution in [0.25, 0.3) is 22.2 Å². The van der Waals surface area contributed by atoms with Crippen LogP contribution in [0.5, 0.6) is 0 Å². The van der Waals surface area contributed by atoms with Crippen molar-refractivity contribution in [1.29, 1.82) is 0 Å². The Morgan fingerprint density at radius 2 is 1.77 bits per heavy atom. The minimum atomic E-state index is -1.13. The Kier molecular flexibility index (Phi) is 7.64. The van der Waals surface area contributed by atoms with Gasteiger partial charge < -0.3 is 24.6 Å². The summed E-state index contributed by atoms with van der Waals surface area (Å²) in [7, 11) is 0. The van der Waals surface area contributed by atoms with Crippen LogP contribution in [0, 0.1) is 19.3 Å². The van der Waals surface area contributed by atoms with Crippen LogP contribution in [0.1, 0.15) is 81.6 Å². The molecule has 2 aliphatic rings. The number of ether oxygens (including phenoxy) is 1. The van der Waals surface area contributed by atoms with E-state index in [9.17, 15) is 9.90 Å². The third kappa shape index (κ3) is 5.89. The molecule has 44 heavy (non-hydrogen) atoms. The van der Waals surface area contributed by atoms with Gasteiger partial charge in [0.1, 0.15) is 5.65 Å². The number of rotatable bonds is 6. The van der Waals surface area contributed by atoms with Gasteiger partial charge in [0.2, 0.25) is 5.95 Å². The van der Waals surface area contributed by atoms with Gasteiger partial charge in [-0.25, -0.2) is 9.78 Å². The SMILES string of the molecule is Cc1nc(C)c(C(OC(C)(C)C)C(=O)O)c(N2CCC(C)(C)CC2)c1-c1ccc2c(c1)CCN(c1ncc3cc[nH]c3n1)C2. The Morgan fingerprint density at radius 3 is 2.48 bits per heavy atom. The molecule has 1 unspecified atom stereocenters. The average molecular weight is 597 g/mol. The molecule has 4 aromatic rings. The van der Waals surface area contributed by atoms with Gasteiger partial charge in [0.25, 0.3) is 0 Å². The quantitative estimate of drug-likeness (QED) is 0.251. The van der Waals surface area contributed by atoms with Crippen molar-refractivity contribution in [2.75, 3.05) is 29.4 Å². The zero-order chi connectivity index (χ0) is 31.4. The minimum Gasteiger partial charge on any atom is -0.479 e. The lowest BCUT2D eigenvalue weighted by atomic mass is 9.81. The maximum Gasteiger partial charge on any atom is 0.337 e. The number of anilines is 2. The van der Waals surface area contributed by atoms with E-state index < -0.39 is 17.7 Å². The summed E-state index contributed by atoms with van der Waals surface area (Å²) >= 11 is 0. The fraction of sp³-hybridized carbons (Fsp3) is 0.486. The molecule has 1 aromatic carbocycles. The third-order valence-electron chi connectivity index (χ3n) is 9.05. The number of carbonyl (C=O) groups is 1. The monoisotopic (exact) mass is 596 g/mol. The first-order valence-corrected chi connectivity index (χ1v) is 15.6. The molecule has 0 radical (unpaired) electrons. The first-order chi connectivity index (χ1) is 20.8. The summed E-state index contributed by atoms with van der Waals surface area (Å²) in [6.07, 6.45) is 5.54. The summed E-state index contributed by atoms with van der Waals surface area (Å²) in [4.78, 5) is 34.9. The van der Waals surface area contributed by atoms with Crippen molar-refractivity contribution in [3.63, 3.8) is 0 Å². The maximum atomic E-state index is 12.8. The van der Waals surface area contributed by atoms with E-state index in [0.717, 1.165) is 84.9 Å². The van der Waals surface area contributed by atoms with Crippen LogP contribution in [0.4, 0.5) is 11.6 Å². The van der Waals surface area contributed by atoms with E-state index in [-0.39, 0.29) is 5.41 Å². The number of hydrogen-bond donors (Lipinski definition) is 2. The van der Waals surface area contributed by atoms with Crippen molar-refractivity contribution in [3.8, 4) is 11.1 Å². The molecule has 2 aliphatic heterocycles. The molecule has 0 aliphatic carbocycles. The molecule has 9 heteroatoms. The van der Waals surface area contributed by atoms with E-state index in [2.05, 4.69) is 51.8 Å². The van der Waals surface area contributed by atoms with Crippen molar-refractivity contribution in [2.45, 2.75) is 86.0 Å². The Bertz CT molecular complexity index is 1710. The molecular weight excluding hydrogens is 552 g/mol. The number of carboxylic acid groups (broad SMARTS) is 1. The fourth-order valence-corrected chi connectivity index (χ4v) is 6.62. The lowest BCUT2D eigenvalue weighted by Gasteiger charge is -2.41. The third-order valence-corrected chi connectivity index (χ3v) is 9.05. The highest BCUT2D eigenvalue weighted by atomic mass is 16.5. The minimum absolute atomic E-state index is 0.245. The summed E-state index contributed by atoms with van der Waals surface area (Å²) in [5, 5.41) is 11.5. The number of benzene rings is 1. The van der Waals surface area contributed by atoms with E-state index in [1.54, 1.807) is 0 Å². The molecule has 0 bridgehead atoms. The van der Waals surface area contributed by atoms with Gasteiger partial charge >= 0.3 is 5.97 Å². The van der Waals surface area contributed by atoms with Crippen LogP contribution in [0.15, 0.2) is 36.7 Å². The molecule has 1 saturated heterocycles. The summed E-state index contributed by atoms with van der Waals surface area (Å²) in [5.41, 5.74) is 8.25. The predicted octanol–water partition coefficient (Wildman–Crippen LogP) is 6.77. The number of nitrogens with one attached hydrogen (secondary N) is 1. The number of aromatic nitrogens is 4. The Labute approximate surface area is 259 Å². The van der Waals surface area contributed by atoms with E-state index in [4.69, 9.17) is 14.7 Å². The zero-order valence-corrected chi connectivity index (χ0v) is 27.0. The predicted molar refractivity (Wildman–Crippen MR) is 174 cm³/mol. The van der Waals surface area contributed by atoms with Crippen LogP contribution in [0.2, 0.25) is 0 Å². The van der Waals surface area contributed by atoms with Crippen molar-refractivity contribution in [3.05, 3.63) is 64.7 Å². The van der Waals surface area contributed by atoms with Crippen molar-refractivity contribution < 1.29 is 14.6 Å². The van der Waals surface area contributed by atoms with Gasteiger partial charge in [0, 0.05) is 66.5 Å². The number of aryl methyl sites for hydroxylation is 2. The highest BCUT2D eigenvalue weighted by Crippen LogP contribution is 2.45. The summed E-state index contributed by atoms with van der Waals surface area (Å²) in [5.74, 6) is -0.268. The first-order valence-electron chi connectivity index (χ1n) is 15.6. The molecule has 9 nitrogen and oxygen atoms in total. The molecule has 232 valence electrons. The number of aliphatic carboxylic acids is 1. The number of piperidine rings is 1. The summed E-state index contributed by atoms with van der Waals surface area (Å²) < 4.78 is 6.25. The Hall–Kier alpha value is -3.98. The van der Waals surface area contributed by atoms with E-state index in [0.29, 0.717) is 11.3 Å². The maximum absolute atomic E-state index is 12.8. The number of fused-ring (bicyclic) bond motifs is 2. The summed E-state index contributed by atoms with van der Waals surface area (Å²) in [6.45, 7) is 17.5. The Morgan fingerprint density at radius 1 is 1.02 bits per heavy atom. The largest absolute Gasteiger partial charge is 0.479 e. The van der Waals surface area contributed by atoms with Crippen molar-refractivity contribution in [1.82, 2.24) is 19.9 Å². The molecule has 1 fully saturated rings. The smallest absolute Gasteiger partial charge is 0.337 e. The molecule has 6 rings (SSSR count). The number of hydrogen-bond acceptors (Lipinski definition) is 7. The van der Waals surface area contributed by atoms with Gasteiger partial charge in [0.05, 0.1) is 11.3 Å². The molecule has 0 saturated carbocycles. The Balaban J connectivity index is 1.43. The standard InChI is InChI=1S/C35H44N6O3/c1-21-27(24-8-9-26-20-41(15-11-23(26)18-24)33-37-19-25-10-14-36-31(25)39-33)29(40-16-12-35(6,7)13-17-40)28(22(2)38-21)30(32(42)43)44-34(3,4)5/h8-10,14,18-19,30H,11-13,15-17,20H2,1-7H3,(H,42,43)(H,36,37,39). The molecular formula is C35H44N6O3. The number of pyridine rings is 1. The molecule has 0 amide bonds. The number of H-pyrrole nitrogens is 1. The lowest BCUT2D eigenvalue weighted by Crippen LogP contribution is -2.39. The van der Waals surface area contributed by atoms with Gasteiger partial charge in [-0.05, 0) is 82.1 Å². The second-order valence-corrected chi connectivity index (χ2v) is 14.1. The van der Waals surface area contributed by atoms with Gasteiger partial charge in [-0.3, -0.25) is 4.98 Å². The normalized spacial score (nSPS) is 17.5. The molecule has 2 N–H and O–H groups in total.